The number of alkyl halides is 3. The Morgan fingerprint density at radius 2 is 1.93 bits per heavy atom. The highest BCUT2D eigenvalue weighted by Crippen LogP contribution is 2.26. The minimum absolute atomic E-state index is 0.00279. The molecule has 1 unspecified atom stereocenters. The lowest BCUT2D eigenvalue weighted by Crippen LogP contribution is -2.45. The molecule has 1 aliphatic heterocycles. The van der Waals surface area contributed by atoms with Crippen LogP contribution in [0.15, 0.2) is 40.8 Å². The number of morpholine rings is 1. The van der Waals surface area contributed by atoms with Gasteiger partial charge in [-0.1, -0.05) is 0 Å². The molecule has 1 amide bonds. The lowest BCUT2D eigenvalue weighted by atomic mass is 10.2. The predicted octanol–water partition coefficient (Wildman–Crippen LogP) is 2.20. The normalized spacial score (nSPS) is 21.7. The SMILES string of the molecule is C/C(=C/C1CN(S(=O)(=O)c2ccc(OC(F)(F)F)cc2)CCO1)C(=O)NC1CC1. The Labute approximate surface area is 166 Å². The molecule has 7 nitrogen and oxygen atoms in total. The molecule has 11 heteroatoms. The summed E-state index contributed by atoms with van der Waals surface area (Å²) in [6.45, 7) is 1.86. The molecule has 1 aromatic carbocycles. The van der Waals surface area contributed by atoms with Crippen molar-refractivity contribution in [3.05, 3.63) is 35.9 Å². The highest BCUT2D eigenvalue weighted by molar-refractivity contribution is 7.89. The third kappa shape index (κ3) is 5.94. The maximum absolute atomic E-state index is 12.8. The summed E-state index contributed by atoms with van der Waals surface area (Å²) >= 11 is 0. The van der Waals surface area contributed by atoms with Gasteiger partial charge in [-0.25, -0.2) is 8.42 Å². The van der Waals surface area contributed by atoms with E-state index in [1.165, 1.54) is 4.31 Å². The second-order valence-corrected chi connectivity index (χ2v) is 8.83. The highest BCUT2D eigenvalue weighted by atomic mass is 32.2. The first-order valence-electron chi connectivity index (χ1n) is 9.01. The lowest BCUT2D eigenvalue weighted by molar-refractivity contribution is -0.274. The van der Waals surface area contributed by atoms with Gasteiger partial charge in [-0.3, -0.25) is 4.79 Å². The van der Waals surface area contributed by atoms with Crippen molar-refractivity contribution in [3.63, 3.8) is 0 Å². The van der Waals surface area contributed by atoms with E-state index in [0.29, 0.717) is 5.57 Å². The van der Waals surface area contributed by atoms with Crippen molar-refractivity contribution in [3.8, 4) is 5.75 Å². The fraction of sp³-hybridized carbons (Fsp3) is 0.500. The van der Waals surface area contributed by atoms with Crippen LogP contribution >= 0.6 is 0 Å². The number of nitrogens with one attached hydrogen (secondary N) is 1. The molecule has 3 rings (SSSR count). The molecule has 0 aromatic heterocycles. The first kappa shape index (κ1) is 21.6. The quantitative estimate of drug-likeness (QED) is 0.694. The zero-order chi connectivity index (χ0) is 21.2. The van der Waals surface area contributed by atoms with Crippen LogP contribution in [0.4, 0.5) is 13.2 Å². The predicted molar refractivity (Wildman–Crippen MR) is 96.5 cm³/mol. The van der Waals surface area contributed by atoms with Crippen LogP contribution in [0, 0.1) is 0 Å². The molecule has 1 aromatic rings. The number of ether oxygens (including phenoxy) is 2. The zero-order valence-corrected chi connectivity index (χ0v) is 16.4. The first-order valence-corrected chi connectivity index (χ1v) is 10.5. The Kier molecular flexibility index (Phi) is 6.20. The van der Waals surface area contributed by atoms with Gasteiger partial charge < -0.3 is 14.8 Å². The molecule has 1 heterocycles. The summed E-state index contributed by atoms with van der Waals surface area (Å²) in [7, 11) is -3.93. The van der Waals surface area contributed by atoms with Gasteiger partial charge in [0.25, 0.3) is 0 Å². The van der Waals surface area contributed by atoms with E-state index in [1.54, 1.807) is 13.0 Å². The van der Waals surface area contributed by atoms with Gasteiger partial charge in [0.2, 0.25) is 15.9 Å². The van der Waals surface area contributed by atoms with E-state index < -0.39 is 28.2 Å². The van der Waals surface area contributed by atoms with Gasteiger partial charge in [0.15, 0.2) is 0 Å². The van der Waals surface area contributed by atoms with Crippen LogP contribution in [0.25, 0.3) is 0 Å². The summed E-state index contributed by atoms with van der Waals surface area (Å²) in [4.78, 5) is 11.9. The Balaban J connectivity index is 1.67. The van der Waals surface area contributed by atoms with Gasteiger partial charge >= 0.3 is 6.36 Å². The standard InChI is InChI=1S/C18H21F3N2O5S/c1-12(17(24)22-13-2-3-13)10-15-11-23(8-9-27-15)29(25,26)16-6-4-14(5-7-16)28-18(19,20)21/h4-7,10,13,15H,2-3,8-9,11H2,1H3,(H,22,24)/b12-10-. The smallest absolute Gasteiger partial charge is 0.406 e. The van der Waals surface area contributed by atoms with E-state index in [0.717, 1.165) is 37.1 Å². The number of rotatable bonds is 6. The Morgan fingerprint density at radius 1 is 1.28 bits per heavy atom. The summed E-state index contributed by atoms with van der Waals surface area (Å²) < 4.78 is 72.8. The van der Waals surface area contributed by atoms with Gasteiger partial charge in [0.1, 0.15) is 5.75 Å². The number of benzene rings is 1. The minimum atomic E-state index is -4.85. The molecule has 0 bridgehead atoms. The number of hydrogen-bond acceptors (Lipinski definition) is 5. The van der Waals surface area contributed by atoms with Crippen LogP contribution < -0.4 is 10.1 Å². The molecule has 1 saturated heterocycles. The third-order valence-electron chi connectivity index (χ3n) is 4.46. The molecule has 2 fully saturated rings. The molecule has 2 aliphatic rings. The second-order valence-electron chi connectivity index (χ2n) is 6.89. The average Bonchev–Trinajstić information content (AvgIpc) is 3.45. The van der Waals surface area contributed by atoms with Gasteiger partial charge in [-0.05, 0) is 50.1 Å². The van der Waals surface area contributed by atoms with Crippen LogP contribution in [0.5, 0.6) is 5.75 Å². The first-order chi connectivity index (χ1) is 13.5. The monoisotopic (exact) mass is 434 g/mol. The van der Waals surface area contributed by atoms with Gasteiger partial charge in [0, 0.05) is 24.7 Å². The molecular weight excluding hydrogens is 413 g/mol. The maximum atomic E-state index is 12.8. The molecule has 0 radical (unpaired) electrons. The Hall–Kier alpha value is -2.11. The number of carbonyl (C=O) groups excluding carboxylic acids is 1. The number of carbonyl (C=O) groups is 1. The molecule has 1 N–H and O–H groups in total. The Morgan fingerprint density at radius 3 is 2.52 bits per heavy atom. The molecule has 0 spiro atoms. The van der Waals surface area contributed by atoms with Crippen molar-refractivity contribution in [2.75, 3.05) is 19.7 Å². The highest BCUT2D eigenvalue weighted by Gasteiger charge is 2.33. The summed E-state index contributed by atoms with van der Waals surface area (Å²) in [5.41, 5.74) is 0.440. The molecule has 160 valence electrons. The fourth-order valence-electron chi connectivity index (χ4n) is 2.81. The van der Waals surface area contributed by atoms with Crippen molar-refractivity contribution >= 4 is 15.9 Å². The summed E-state index contributed by atoms with van der Waals surface area (Å²) in [6, 6.07) is 4.23. The van der Waals surface area contributed by atoms with Crippen LogP contribution in [0.2, 0.25) is 0 Å². The molecular formula is C18H21F3N2O5S. The second kappa shape index (κ2) is 8.33. The van der Waals surface area contributed by atoms with Crippen LogP contribution in [0.3, 0.4) is 0 Å². The van der Waals surface area contributed by atoms with Crippen molar-refractivity contribution in [2.45, 2.75) is 43.2 Å². The summed E-state index contributed by atoms with van der Waals surface area (Å²) in [5.74, 6) is -0.715. The molecule has 1 atom stereocenters. The molecule has 1 saturated carbocycles. The number of hydrogen-bond donors (Lipinski definition) is 1. The number of sulfonamides is 1. The van der Waals surface area contributed by atoms with E-state index >= 15 is 0 Å². The average molecular weight is 434 g/mol. The lowest BCUT2D eigenvalue weighted by Gasteiger charge is -2.31. The summed E-state index contributed by atoms with van der Waals surface area (Å²) in [5, 5.41) is 2.85. The fourth-order valence-corrected chi connectivity index (χ4v) is 4.25. The van der Waals surface area contributed by atoms with E-state index in [9.17, 15) is 26.4 Å². The maximum Gasteiger partial charge on any atom is 0.573 e. The van der Waals surface area contributed by atoms with Crippen LogP contribution in [0.1, 0.15) is 19.8 Å². The van der Waals surface area contributed by atoms with Crippen LogP contribution in [-0.2, 0) is 19.6 Å². The largest absolute Gasteiger partial charge is 0.573 e. The van der Waals surface area contributed by atoms with E-state index in [1.807, 2.05) is 0 Å². The van der Waals surface area contributed by atoms with E-state index in [-0.39, 0.29) is 36.5 Å². The van der Waals surface area contributed by atoms with E-state index in [2.05, 4.69) is 10.1 Å². The Bertz CT molecular complexity index is 880. The van der Waals surface area contributed by atoms with Crippen molar-refractivity contribution < 1.29 is 35.9 Å². The van der Waals surface area contributed by atoms with Crippen molar-refractivity contribution in [2.24, 2.45) is 0 Å². The van der Waals surface area contributed by atoms with Gasteiger partial charge in [0.05, 0.1) is 17.6 Å². The van der Waals surface area contributed by atoms with Crippen LogP contribution in [-0.4, -0.2) is 56.8 Å². The zero-order valence-electron chi connectivity index (χ0n) is 15.6. The van der Waals surface area contributed by atoms with Crippen molar-refractivity contribution in [1.29, 1.82) is 0 Å². The number of halogens is 3. The third-order valence-corrected chi connectivity index (χ3v) is 6.34. The number of amides is 1. The topological polar surface area (TPSA) is 84.9 Å². The minimum Gasteiger partial charge on any atom is -0.406 e. The molecule has 1 aliphatic carbocycles. The number of nitrogens with zero attached hydrogens (tertiary/aromatic N) is 1. The molecule has 29 heavy (non-hydrogen) atoms. The summed E-state index contributed by atoms with van der Waals surface area (Å²) in [6.07, 6.45) is -1.96. The van der Waals surface area contributed by atoms with Crippen molar-refractivity contribution in [1.82, 2.24) is 9.62 Å². The van der Waals surface area contributed by atoms with E-state index in [4.69, 9.17) is 4.74 Å². The van der Waals surface area contributed by atoms with Gasteiger partial charge in [-0.2, -0.15) is 4.31 Å². The van der Waals surface area contributed by atoms with Gasteiger partial charge in [-0.15, -0.1) is 13.2 Å².